The van der Waals surface area contributed by atoms with Gasteiger partial charge in [-0.05, 0) is 37.4 Å². The molecule has 1 N–H and O–H groups in total. The van der Waals surface area contributed by atoms with Crippen LogP contribution in [0.1, 0.15) is 5.56 Å². The minimum Gasteiger partial charge on any atom is -0.490 e. The van der Waals surface area contributed by atoms with Crippen LogP contribution in [0.5, 0.6) is 11.5 Å². The molecule has 21 heavy (non-hydrogen) atoms. The van der Waals surface area contributed by atoms with Gasteiger partial charge in [-0.25, -0.2) is 0 Å². The summed E-state index contributed by atoms with van der Waals surface area (Å²) in [6.07, 6.45) is 0. The molecule has 0 spiro atoms. The molecule has 0 unspecified atom stereocenters. The third-order valence-electron chi connectivity index (χ3n) is 2.82. The van der Waals surface area contributed by atoms with Gasteiger partial charge in [-0.15, -0.1) is 0 Å². The molecule has 0 fully saturated rings. The Labute approximate surface area is 138 Å². The zero-order valence-corrected chi connectivity index (χ0v) is 14.1. The van der Waals surface area contributed by atoms with Crippen LogP contribution in [0.25, 0.3) is 0 Å². The fourth-order valence-electron chi connectivity index (χ4n) is 1.88. The maximum atomic E-state index is 6.02. The van der Waals surface area contributed by atoms with Gasteiger partial charge in [0, 0.05) is 16.6 Å². The number of benzene rings is 2. The largest absolute Gasteiger partial charge is 0.490 e. The van der Waals surface area contributed by atoms with Gasteiger partial charge in [-0.3, -0.25) is 0 Å². The molecule has 0 aromatic heterocycles. The van der Waals surface area contributed by atoms with E-state index in [9.17, 15) is 0 Å². The number of hydrogen-bond acceptors (Lipinski definition) is 3. The van der Waals surface area contributed by atoms with Crippen molar-refractivity contribution < 1.29 is 9.47 Å². The van der Waals surface area contributed by atoms with Gasteiger partial charge in [-0.2, -0.15) is 0 Å². The number of para-hydroxylation sites is 1. The van der Waals surface area contributed by atoms with Crippen molar-refractivity contribution in [3.63, 3.8) is 0 Å². The van der Waals surface area contributed by atoms with Crippen molar-refractivity contribution in [2.45, 2.75) is 6.54 Å². The van der Waals surface area contributed by atoms with Crippen molar-refractivity contribution in [1.29, 1.82) is 0 Å². The summed E-state index contributed by atoms with van der Waals surface area (Å²) < 4.78 is 12.4. The van der Waals surface area contributed by atoms with Crippen LogP contribution in [0.15, 0.2) is 46.9 Å². The number of ether oxygens (including phenoxy) is 2. The maximum absolute atomic E-state index is 6.02. The lowest BCUT2D eigenvalue weighted by Gasteiger charge is -2.13. The van der Waals surface area contributed by atoms with Crippen LogP contribution in [0, 0.1) is 0 Å². The summed E-state index contributed by atoms with van der Waals surface area (Å²) in [6.45, 7) is 1.66. The molecule has 0 saturated carbocycles. The first-order chi connectivity index (χ1) is 10.2. The van der Waals surface area contributed by atoms with E-state index < -0.39 is 0 Å². The van der Waals surface area contributed by atoms with Crippen molar-refractivity contribution >= 4 is 27.5 Å². The summed E-state index contributed by atoms with van der Waals surface area (Å²) in [7, 11) is 1.91. The molecule has 0 atom stereocenters. The lowest BCUT2D eigenvalue weighted by Crippen LogP contribution is -2.12. The van der Waals surface area contributed by atoms with Crippen LogP contribution >= 0.6 is 27.5 Å². The highest BCUT2D eigenvalue weighted by Gasteiger charge is 2.05. The van der Waals surface area contributed by atoms with Crippen LogP contribution in [0.4, 0.5) is 0 Å². The van der Waals surface area contributed by atoms with Gasteiger partial charge in [0.15, 0.2) is 0 Å². The van der Waals surface area contributed by atoms with E-state index in [2.05, 4.69) is 21.2 Å². The number of hydrogen-bond donors (Lipinski definition) is 1. The van der Waals surface area contributed by atoms with Gasteiger partial charge in [0.05, 0.1) is 5.02 Å². The molecule has 3 nitrogen and oxygen atoms in total. The predicted molar refractivity (Wildman–Crippen MR) is 89.3 cm³/mol. The molecule has 0 aliphatic heterocycles. The average Bonchev–Trinajstić information content (AvgIpc) is 2.47. The zero-order valence-electron chi connectivity index (χ0n) is 11.7. The quantitative estimate of drug-likeness (QED) is 0.738. The van der Waals surface area contributed by atoms with Gasteiger partial charge in [-0.1, -0.05) is 39.7 Å². The molecule has 112 valence electrons. The third kappa shape index (κ3) is 4.92. The summed E-state index contributed by atoms with van der Waals surface area (Å²) in [5.41, 5.74) is 1.10. The van der Waals surface area contributed by atoms with E-state index >= 15 is 0 Å². The second kappa shape index (κ2) is 8.27. The Morgan fingerprint density at radius 3 is 2.48 bits per heavy atom. The van der Waals surface area contributed by atoms with E-state index in [4.69, 9.17) is 21.1 Å². The Kier molecular flexibility index (Phi) is 6.36. The molecular formula is C16H17BrClNO2. The standard InChI is InChI=1S/C16H17BrClNO2/c1-19-11-12-10-13(17)6-7-15(12)20-8-9-21-16-5-3-2-4-14(16)18/h2-7,10,19H,8-9,11H2,1H3. The number of nitrogens with one attached hydrogen (secondary N) is 1. The first-order valence-electron chi connectivity index (χ1n) is 6.64. The highest BCUT2D eigenvalue weighted by molar-refractivity contribution is 9.10. The van der Waals surface area contributed by atoms with Gasteiger partial charge < -0.3 is 14.8 Å². The first-order valence-corrected chi connectivity index (χ1v) is 7.81. The predicted octanol–water partition coefficient (Wildman–Crippen LogP) is 4.28. The molecule has 0 heterocycles. The average molecular weight is 371 g/mol. The molecule has 0 radical (unpaired) electrons. The van der Waals surface area contributed by atoms with E-state index in [1.807, 2.05) is 43.4 Å². The number of rotatable bonds is 7. The van der Waals surface area contributed by atoms with Crippen molar-refractivity contribution in [2.24, 2.45) is 0 Å². The molecule has 2 rings (SSSR count). The van der Waals surface area contributed by atoms with Gasteiger partial charge >= 0.3 is 0 Å². The Hall–Kier alpha value is -1.23. The molecule has 0 bridgehead atoms. The van der Waals surface area contributed by atoms with E-state index in [1.165, 1.54) is 0 Å². The molecule has 0 aliphatic rings. The topological polar surface area (TPSA) is 30.5 Å². The first kappa shape index (κ1) is 16.1. The van der Waals surface area contributed by atoms with E-state index in [-0.39, 0.29) is 0 Å². The van der Waals surface area contributed by atoms with Crippen molar-refractivity contribution in [3.05, 3.63) is 57.5 Å². The molecule has 2 aromatic rings. The van der Waals surface area contributed by atoms with E-state index in [0.29, 0.717) is 24.0 Å². The summed E-state index contributed by atoms with van der Waals surface area (Å²) in [4.78, 5) is 0. The van der Waals surface area contributed by atoms with Gasteiger partial charge in [0.2, 0.25) is 0 Å². The lowest BCUT2D eigenvalue weighted by atomic mass is 10.2. The van der Waals surface area contributed by atoms with Crippen LogP contribution in [0.2, 0.25) is 5.02 Å². The lowest BCUT2D eigenvalue weighted by molar-refractivity contribution is 0.216. The Balaban J connectivity index is 1.87. The maximum Gasteiger partial charge on any atom is 0.138 e. The fraction of sp³-hybridized carbons (Fsp3) is 0.250. The molecule has 5 heteroatoms. The number of halogens is 2. The molecule has 2 aromatic carbocycles. The highest BCUT2D eigenvalue weighted by atomic mass is 79.9. The Morgan fingerprint density at radius 1 is 1.05 bits per heavy atom. The zero-order chi connectivity index (χ0) is 15.1. The molecule has 0 amide bonds. The van der Waals surface area contributed by atoms with Crippen LogP contribution in [0.3, 0.4) is 0 Å². The third-order valence-corrected chi connectivity index (χ3v) is 3.63. The molecule has 0 saturated heterocycles. The monoisotopic (exact) mass is 369 g/mol. The Bertz CT molecular complexity index is 592. The van der Waals surface area contributed by atoms with Crippen molar-refractivity contribution in [1.82, 2.24) is 5.32 Å². The van der Waals surface area contributed by atoms with E-state index in [0.717, 1.165) is 22.3 Å². The summed E-state index contributed by atoms with van der Waals surface area (Å²) in [5.74, 6) is 1.53. The van der Waals surface area contributed by atoms with Gasteiger partial charge in [0.1, 0.15) is 24.7 Å². The fourth-order valence-corrected chi connectivity index (χ4v) is 2.48. The normalized spacial score (nSPS) is 10.4. The molecular weight excluding hydrogens is 354 g/mol. The van der Waals surface area contributed by atoms with Crippen LogP contribution < -0.4 is 14.8 Å². The smallest absolute Gasteiger partial charge is 0.138 e. The minimum absolute atomic E-state index is 0.443. The van der Waals surface area contributed by atoms with Crippen LogP contribution in [-0.4, -0.2) is 20.3 Å². The second-order valence-corrected chi connectivity index (χ2v) is 5.73. The second-order valence-electron chi connectivity index (χ2n) is 4.41. The van der Waals surface area contributed by atoms with Gasteiger partial charge in [0.25, 0.3) is 0 Å². The summed E-state index contributed by atoms with van der Waals surface area (Å²) >= 11 is 9.49. The Morgan fingerprint density at radius 2 is 1.76 bits per heavy atom. The van der Waals surface area contributed by atoms with Crippen molar-refractivity contribution in [2.75, 3.05) is 20.3 Å². The highest BCUT2D eigenvalue weighted by Crippen LogP contribution is 2.24. The minimum atomic E-state index is 0.443. The summed E-state index contributed by atoms with van der Waals surface area (Å²) in [6, 6.07) is 13.4. The van der Waals surface area contributed by atoms with Crippen molar-refractivity contribution in [3.8, 4) is 11.5 Å². The van der Waals surface area contributed by atoms with Crippen LogP contribution in [-0.2, 0) is 6.54 Å². The molecule has 0 aliphatic carbocycles. The summed E-state index contributed by atoms with van der Waals surface area (Å²) in [5, 5.41) is 3.73. The SMILES string of the molecule is CNCc1cc(Br)ccc1OCCOc1ccccc1Cl. The van der Waals surface area contributed by atoms with E-state index in [1.54, 1.807) is 6.07 Å².